The molecule has 0 aliphatic rings. The molecule has 0 amide bonds. The van der Waals surface area contributed by atoms with Crippen LogP contribution in [0.3, 0.4) is 0 Å². The van der Waals surface area contributed by atoms with Gasteiger partial charge in [0.15, 0.2) is 12.4 Å². The Bertz CT molecular complexity index is 1470. The minimum atomic E-state index is -1.62. The van der Waals surface area contributed by atoms with Gasteiger partial charge in [-0.2, -0.15) is 0 Å². The van der Waals surface area contributed by atoms with Gasteiger partial charge < -0.3 is 33.3 Å². The molecule has 0 N–H and O–H groups in total. The van der Waals surface area contributed by atoms with Crippen molar-refractivity contribution in [3.8, 4) is 0 Å². The standard InChI is InChI=1S/C67H119NO8/c1-6-8-10-12-14-16-18-20-22-24-25-26-27-28-29-30-31-32-33-34-35-36-37-38-39-40-41-42-44-46-48-50-52-54-56-58-65(70)76-63(62-75-67(66(71)72)73-60-59-68(3,4)5)61-74-64(69)57-55-53-51-49-47-45-43-23-21-19-17-15-13-11-9-7-2/h8,10,14,16,20,22,25-26,28-29,31-32,63,67H,6-7,9,11-13,15,17-19,21,23-24,27,30,33-62H2,1-5H3/b10-8-,16-14-,22-20-,26-25-,29-28-,32-31-. The van der Waals surface area contributed by atoms with Crippen LogP contribution >= 0.6 is 0 Å². The van der Waals surface area contributed by atoms with Crippen molar-refractivity contribution < 1.29 is 42.9 Å². The van der Waals surface area contributed by atoms with Crippen molar-refractivity contribution in [1.82, 2.24) is 0 Å². The van der Waals surface area contributed by atoms with Crippen LogP contribution in [0.2, 0.25) is 0 Å². The molecule has 0 bridgehead atoms. The third kappa shape index (κ3) is 58.4. The third-order valence-corrected chi connectivity index (χ3v) is 13.7. The van der Waals surface area contributed by atoms with Crippen LogP contribution in [0.15, 0.2) is 72.9 Å². The van der Waals surface area contributed by atoms with E-state index in [2.05, 4.69) is 86.8 Å². The van der Waals surface area contributed by atoms with E-state index in [1.54, 1.807) is 0 Å². The smallest absolute Gasteiger partial charge is 0.306 e. The highest BCUT2D eigenvalue weighted by atomic mass is 16.7. The van der Waals surface area contributed by atoms with Crippen molar-refractivity contribution >= 4 is 17.9 Å². The predicted molar refractivity (Wildman–Crippen MR) is 320 cm³/mol. The van der Waals surface area contributed by atoms with Gasteiger partial charge in [0, 0.05) is 12.8 Å². The molecule has 76 heavy (non-hydrogen) atoms. The van der Waals surface area contributed by atoms with Gasteiger partial charge in [0.05, 0.1) is 40.3 Å². The lowest BCUT2D eigenvalue weighted by Gasteiger charge is -2.26. The summed E-state index contributed by atoms with van der Waals surface area (Å²) in [5.74, 6) is -2.27. The van der Waals surface area contributed by atoms with Crippen molar-refractivity contribution in [3.63, 3.8) is 0 Å². The first-order chi connectivity index (χ1) is 37.1. The maximum Gasteiger partial charge on any atom is 0.306 e. The van der Waals surface area contributed by atoms with Crippen LogP contribution in [0, 0.1) is 0 Å². The first kappa shape index (κ1) is 72.7. The highest BCUT2D eigenvalue weighted by molar-refractivity contribution is 5.70. The summed E-state index contributed by atoms with van der Waals surface area (Å²) in [5.41, 5.74) is 0. The van der Waals surface area contributed by atoms with Crippen molar-refractivity contribution in [2.45, 2.75) is 289 Å². The van der Waals surface area contributed by atoms with Crippen LogP contribution in [0.25, 0.3) is 0 Å². The Labute approximate surface area is 468 Å². The molecule has 0 aliphatic heterocycles. The Morgan fingerprint density at radius 1 is 0.408 bits per heavy atom. The van der Waals surface area contributed by atoms with E-state index in [1.165, 1.54) is 173 Å². The normalized spacial score (nSPS) is 13.2. The summed E-state index contributed by atoms with van der Waals surface area (Å²) < 4.78 is 22.7. The van der Waals surface area contributed by atoms with Crippen LogP contribution < -0.4 is 5.11 Å². The number of likely N-dealkylation sites (N-methyl/N-ethyl adjacent to an activating group) is 1. The zero-order valence-corrected chi connectivity index (χ0v) is 50.1. The molecule has 440 valence electrons. The summed E-state index contributed by atoms with van der Waals surface area (Å²) in [7, 11) is 5.93. The van der Waals surface area contributed by atoms with Crippen molar-refractivity contribution in [2.24, 2.45) is 0 Å². The van der Waals surface area contributed by atoms with E-state index in [4.69, 9.17) is 18.9 Å². The zero-order valence-electron chi connectivity index (χ0n) is 50.1. The topological polar surface area (TPSA) is 111 Å². The molecule has 0 aromatic rings. The van der Waals surface area contributed by atoms with E-state index in [0.29, 0.717) is 23.9 Å². The van der Waals surface area contributed by atoms with Crippen LogP contribution in [0.4, 0.5) is 0 Å². The Kier molecular flexibility index (Phi) is 55.4. The molecule has 2 atom stereocenters. The molecule has 0 aromatic heterocycles. The van der Waals surface area contributed by atoms with E-state index in [-0.39, 0.29) is 32.2 Å². The van der Waals surface area contributed by atoms with Gasteiger partial charge >= 0.3 is 11.9 Å². The molecule has 0 aromatic carbocycles. The van der Waals surface area contributed by atoms with Crippen LogP contribution in [0.1, 0.15) is 277 Å². The number of carbonyl (C=O) groups excluding carboxylic acids is 3. The minimum Gasteiger partial charge on any atom is -0.545 e. The molecule has 2 unspecified atom stereocenters. The number of hydrogen-bond donors (Lipinski definition) is 0. The lowest BCUT2D eigenvalue weighted by Crippen LogP contribution is -2.44. The Morgan fingerprint density at radius 3 is 1.12 bits per heavy atom. The van der Waals surface area contributed by atoms with E-state index in [0.717, 1.165) is 70.6 Å². The second-order valence-corrected chi connectivity index (χ2v) is 22.3. The fourth-order valence-electron chi connectivity index (χ4n) is 8.89. The van der Waals surface area contributed by atoms with Gasteiger partial charge in [-0.05, 0) is 64.2 Å². The van der Waals surface area contributed by atoms with Crippen molar-refractivity contribution in [2.75, 3.05) is 47.5 Å². The van der Waals surface area contributed by atoms with Gasteiger partial charge in [0.25, 0.3) is 0 Å². The Hall–Kier alpha value is -3.27. The molecule has 0 heterocycles. The number of nitrogens with zero attached hydrogens (tertiary/aromatic N) is 1. The maximum absolute atomic E-state index is 12.9. The largest absolute Gasteiger partial charge is 0.545 e. The summed E-state index contributed by atoms with van der Waals surface area (Å²) in [6.45, 7) is 4.66. The van der Waals surface area contributed by atoms with Gasteiger partial charge in [-0.25, -0.2) is 0 Å². The number of carboxylic acid groups (broad SMARTS) is 1. The monoisotopic (exact) mass is 1070 g/mol. The number of carbonyl (C=O) groups is 3. The molecular weight excluding hydrogens is 947 g/mol. The quantitative estimate of drug-likeness (QED) is 0.0195. The van der Waals surface area contributed by atoms with Gasteiger partial charge in [0.1, 0.15) is 13.2 Å². The lowest BCUT2D eigenvalue weighted by atomic mass is 10.0. The van der Waals surface area contributed by atoms with Crippen LogP contribution in [-0.4, -0.2) is 82.3 Å². The average molecular weight is 1070 g/mol. The molecule has 0 spiro atoms. The molecule has 0 rings (SSSR count). The van der Waals surface area contributed by atoms with Crippen molar-refractivity contribution in [3.05, 3.63) is 72.9 Å². The van der Waals surface area contributed by atoms with Gasteiger partial charge in [-0.1, -0.05) is 273 Å². The number of unbranched alkanes of at least 4 members (excludes halogenated alkanes) is 31. The summed E-state index contributed by atoms with van der Waals surface area (Å²) in [4.78, 5) is 37.3. The highest BCUT2D eigenvalue weighted by Crippen LogP contribution is 2.17. The fraction of sp³-hybridized carbons (Fsp3) is 0.776. The Balaban J connectivity index is 4.09. The third-order valence-electron chi connectivity index (χ3n) is 13.7. The van der Waals surface area contributed by atoms with Crippen molar-refractivity contribution in [1.29, 1.82) is 0 Å². The van der Waals surface area contributed by atoms with E-state index in [1.807, 2.05) is 21.1 Å². The van der Waals surface area contributed by atoms with Crippen LogP contribution in [0.5, 0.6) is 0 Å². The number of quaternary nitrogens is 1. The zero-order chi connectivity index (χ0) is 55.5. The molecule has 9 nitrogen and oxygen atoms in total. The molecule has 0 aliphatic carbocycles. The minimum absolute atomic E-state index is 0.148. The van der Waals surface area contributed by atoms with E-state index < -0.39 is 24.3 Å². The Morgan fingerprint density at radius 2 is 0.750 bits per heavy atom. The first-order valence-corrected chi connectivity index (χ1v) is 31.6. The lowest BCUT2D eigenvalue weighted by molar-refractivity contribution is -0.870. The van der Waals surface area contributed by atoms with Crippen LogP contribution in [-0.2, 0) is 33.3 Å². The second-order valence-electron chi connectivity index (χ2n) is 22.3. The summed E-state index contributed by atoms with van der Waals surface area (Å²) in [5, 5.41) is 11.8. The molecular formula is C67H119NO8. The number of esters is 2. The number of rotatable bonds is 58. The van der Waals surface area contributed by atoms with Gasteiger partial charge in [-0.15, -0.1) is 0 Å². The SMILES string of the molecule is CC/C=C\C/C=C\C/C=C\C/C=C\C/C=C\C/C=C\CCCCCCCCCCCCCCCCCCC(=O)OC(COC(=O)CCCCCCCCCCCCCCCCCC)COC(OCC[N+](C)(C)C)C(=O)[O-]. The summed E-state index contributed by atoms with van der Waals surface area (Å²) in [6, 6.07) is 0. The highest BCUT2D eigenvalue weighted by Gasteiger charge is 2.22. The maximum atomic E-state index is 12.9. The van der Waals surface area contributed by atoms with E-state index >= 15 is 0 Å². The average Bonchev–Trinajstić information content (AvgIpc) is 3.39. The molecule has 0 fully saturated rings. The number of ether oxygens (including phenoxy) is 4. The molecule has 0 saturated heterocycles. The van der Waals surface area contributed by atoms with Gasteiger partial charge in [0.2, 0.25) is 0 Å². The van der Waals surface area contributed by atoms with Gasteiger partial charge in [-0.3, -0.25) is 9.59 Å². The number of hydrogen-bond acceptors (Lipinski definition) is 8. The first-order valence-electron chi connectivity index (χ1n) is 31.6. The predicted octanol–water partition coefficient (Wildman–Crippen LogP) is 17.6. The van der Waals surface area contributed by atoms with E-state index in [9.17, 15) is 19.5 Å². The molecule has 0 radical (unpaired) electrons. The summed E-state index contributed by atoms with van der Waals surface area (Å²) >= 11 is 0. The number of carboxylic acids is 1. The number of allylic oxidation sites excluding steroid dienone is 12. The molecule has 0 saturated carbocycles. The fourth-order valence-corrected chi connectivity index (χ4v) is 8.89. The second kappa shape index (κ2) is 57.9. The molecule has 9 heteroatoms. The summed E-state index contributed by atoms with van der Waals surface area (Å²) in [6.07, 6.45) is 72.5. The number of aliphatic carboxylic acids is 1.